The Balaban J connectivity index is 1.41. The van der Waals surface area contributed by atoms with Crippen molar-refractivity contribution < 1.29 is 0 Å². The molecule has 0 aliphatic rings. The number of H-pyrrole nitrogens is 2. The predicted molar refractivity (Wildman–Crippen MR) is 158 cm³/mol. The number of tetrazole rings is 1. The summed E-state index contributed by atoms with van der Waals surface area (Å²) < 4.78 is 3.55. The van der Waals surface area contributed by atoms with E-state index in [1.54, 1.807) is 4.57 Å². The number of hydrogen-bond acceptors (Lipinski definition) is 6. The minimum atomic E-state index is -0.463. The van der Waals surface area contributed by atoms with Gasteiger partial charge in [-0.05, 0) is 40.8 Å². The summed E-state index contributed by atoms with van der Waals surface area (Å²) in [6.45, 7) is 4.52. The Kier molecular flexibility index (Phi) is 7.11. The zero-order valence-corrected chi connectivity index (χ0v) is 22.9. The van der Waals surface area contributed by atoms with Crippen molar-refractivity contribution in [3.63, 3.8) is 0 Å². The number of aryl methyl sites for hydroxylation is 1. The lowest BCUT2D eigenvalue weighted by Crippen LogP contribution is -2.33. The molecular weight excluding hydrogens is 516 g/mol. The van der Waals surface area contributed by atoms with Crippen molar-refractivity contribution in [3.05, 3.63) is 117 Å². The second kappa shape index (κ2) is 11.2. The van der Waals surface area contributed by atoms with Crippen molar-refractivity contribution in [1.82, 2.24) is 39.7 Å². The maximum atomic E-state index is 13.2. The van der Waals surface area contributed by atoms with E-state index < -0.39 is 11.2 Å². The second-order valence-electron chi connectivity index (χ2n) is 10.1. The van der Waals surface area contributed by atoms with Crippen molar-refractivity contribution in [1.29, 1.82) is 0 Å². The Morgan fingerprint density at radius 2 is 1.63 bits per heavy atom. The van der Waals surface area contributed by atoms with Crippen LogP contribution in [0.3, 0.4) is 0 Å². The van der Waals surface area contributed by atoms with E-state index in [2.05, 4.69) is 56.8 Å². The molecule has 0 amide bonds. The van der Waals surface area contributed by atoms with Gasteiger partial charge >= 0.3 is 5.69 Å². The lowest BCUT2D eigenvalue weighted by molar-refractivity contribution is 0.614. The van der Waals surface area contributed by atoms with Crippen LogP contribution in [0.2, 0.25) is 0 Å². The van der Waals surface area contributed by atoms with E-state index >= 15 is 0 Å². The van der Waals surface area contributed by atoms with Crippen LogP contribution in [-0.4, -0.2) is 39.7 Å². The summed E-state index contributed by atoms with van der Waals surface area (Å²) in [6.07, 6.45) is 2.61. The maximum absolute atomic E-state index is 13.2. The Morgan fingerprint density at radius 3 is 2.34 bits per heavy atom. The van der Waals surface area contributed by atoms with Crippen molar-refractivity contribution in [2.45, 2.75) is 45.7 Å². The van der Waals surface area contributed by atoms with Gasteiger partial charge in [-0.2, -0.15) is 5.21 Å². The van der Waals surface area contributed by atoms with Gasteiger partial charge in [0.05, 0.1) is 6.04 Å². The van der Waals surface area contributed by atoms with Crippen molar-refractivity contribution >= 4 is 11.2 Å². The van der Waals surface area contributed by atoms with Gasteiger partial charge in [0.2, 0.25) is 5.82 Å². The number of benzene rings is 3. The highest BCUT2D eigenvalue weighted by molar-refractivity contribution is 5.80. The Labute approximate surface area is 235 Å². The zero-order chi connectivity index (χ0) is 28.3. The molecule has 3 aromatic heterocycles. The number of nitrogens with zero attached hydrogens (tertiary/aromatic N) is 6. The van der Waals surface area contributed by atoms with E-state index in [0.29, 0.717) is 30.0 Å². The van der Waals surface area contributed by atoms with Gasteiger partial charge in [0, 0.05) is 18.5 Å². The predicted octanol–water partition coefficient (Wildman–Crippen LogP) is 4.73. The first kappa shape index (κ1) is 26.1. The molecule has 6 aromatic rings. The molecule has 2 N–H and O–H groups in total. The molecule has 1 unspecified atom stereocenters. The van der Waals surface area contributed by atoms with E-state index in [-0.39, 0.29) is 6.04 Å². The molecule has 10 heteroatoms. The molecule has 10 nitrogen and oxygen atoms in total. The van der Waals surface area contributed by atoms with Gasteiger partial charge in [0.1, 0.15) is 5.82 Å². The standard InChI is InChI=1S/C31H30N8O2/c1-3-4-14-26-32-29-27(30(40)33-31(41)39(29)20(2)22-10-6-5-7-11-22)38(26)19-21-15-17-23(18-16-21)24-12-8-9-13-25(24)28-34-36-37-35-28/h5-13,15-18,20H,3-4,14,19H2,1-2H3,(H,33,40,41)(H,34,35,36,37). The molecule has 0 fully saturated rings. The number of hydrogen-bond donors (Lipinski definition) is 2. The minimum Gasteiger partial charge on any atom is -0.318 e. The highest BCUT2D eigenvalue weighted by Crippen LogP contribution is 2.30. The summed E-state index contributed by atoms with van der Waals surface area (Å²) in [5, 5.41) is 14.5. The fourth-order valence-corrected chi connectivity index (χ4v) is 5.30. The van der Waals surface area contributed by atoms with Crippen molar-refractivity contribution in [3.8, 4) is 22.5 Å². The summed E-state index contributed by atoms with van der Waals surface area (Å²) >= 11 is 0. The first-order valence-corrected chi connectivity index (χ1v) is 13.8. The normalized spacial score (nSPS) is 12.1. The molecule has 0 aliphatic heterocycles. The van der Waals surface area contributed by atoms with Crippen LogP contribution >= 0.6 is 0 Å². The topological polar surface area (TPSA) is 127 Å². The van der Waals surface area contributed by atoms with Crippen LogP contribution < -0.4 is 11.2 Å². The van der Waals surface area contributed by atoms with Gasteiger partial charge in [0.25, 0.3) is 5.56 Å². The summed E-state index contributed by atoms with van der Waals surface area (Å²) in [6, 6.07) is 25.6. The summed E-state index contributed by atoms with van der Waals surface area (Å²) in [5.41, 5.74) is 4.79. The van der Waals surface area contributed by atoms with E-state index in [9.17, 15) is 9.59 Å². The number of nitrogens with one attached hydrogen (secondary N) is 2. The third-order valence-corrected chi connectivity index (χ3v) is 7.45. The Morgan fingerprint density at radius 1 is 0.902 bits per heavy atom. The number of rotatable bonds is 9. The molecule has 0 aliphatic carbocycles. The Bertz CT molecular complexity index is 1900. The van der Waals surface area contributed by atoms with Gasteiger partial charge in [-0.25, -0.2) is 9.78 Å². The number of aromatic nitrogens is 8. The average Bonchev–Trinajstić information content (AvgIpc) is 3.66. The second-order valence-corrected chi connectivity index (χ2v) is 10.1. The molecule has 0 saturated heterocycles. The number of unbranched alkanes of at least 4 members (excludes halogenated alkanes) is 1. The number of fused-ring (bicyclic) bond motifs is 1. The maximum Gasteiger partial charge on any atom is 0.330 e. The van der Waals surface area contributed by atoms with Gasteiger partial charge in [-0.1, -0.05) is 92.2 Å². The van der Waals surface area contributed by atoms with Gasteiger partial charge in [0.15, 0.2) is 11.2 Å². The highest BCUT2D eigenvalue weighted by atomic mass is 16.2. The molecule has 41 heavy (non-hydrogen) atoms. The molecule has 3 heterocycles. The van der Waals surface area contributed by atoms with Gasteiger partial charge in [-0.15, -0.1) is 10.2 Å². The van der Waals surface area contributed by atoms with Crippen LogP contribution in [0.5, 0.6) is 0 Å². The van der Waals surface area contributed by atoms with Crippen molar-refractivity contribution in [2.75, 3.05) is 0 Å². The molecular formula is C31H30N8O2. The molecule has 0 bridgehead atoms. The third kappa shape index (κ3) is 5.00. The number of aromatic amines is 2. The molecule has 1 atom stereocenters. The third-order valence-electron chi connectivity index (χ3n) is 7.45. The lowest BCUT2D eigenvalue weighted by atomic mass is 9.98. The summed E-state index contributed by atoms with van der Waals surface area (Å²) in [5.74, 6) is 1.32. The Hall–Kier alpha value is -5.12. The van der Waals surface area contributed by atoms with Crippen LogP contribution in [0.4, 0.5) is 0 Å². The highest BCUT2D eigenvalue weighted by Gasteiger charge is 2.22. The minimum absolute atomic E-state index is 0.302. The number of imidazole rings is 1. The van der Waals surface area contributed by atoms with Crippen LogP contribution in [0, 0.1) is 0 Å². The van der Waals surface area contributed by atoms with E-state index in [1.807, 2.05) is 66.1 Å². The van der Waals surface area contributed by atoms with Crippen LogP contribution in [0.15, 0.2) is 88.5 Å². The van der Waals surface area contributed by atoms with E-state index in [4.69, 9.17) is 4.98 Å². The first-order valence-electron chi connectivity index (χ1n) is 13.8. The monoisotopic (exact) mass is 546 g/mol. The van der Waals surface area contributed by atoms with E-state index in [1.165, 1.54) is 0 Å². The fraction of sp³-hybridized carbons (Fsp3) is 0.226. The smallest absolute Gasteiger partial charge is 0.318 e. The quantitative estimate of drug-likeness (QED) is 0.270. The fourth-order valence-electron chi connectivity index (χ4n) is 5.30. The largest absolute Gasteiger partial charge is 0.330 e. The summed E-state index contributed by atoms with van der Waals surface area (Å²) in [7, 11) is 0. The van der Waals surface area contributed by atoms with Crippen LogP contribution in [0.1, 0.15) is 49.7 Å². The summed E-state index contributed by atoms with van der Waals surface area (Å²) in [4.78, 5) is 33.8. The molecule has 0 spiro atoms. The van der Waals surface area contributed by atoms with Gasteiger partial charge in [-0.3, -0.25) is 14.3 Å². The first-order chi connectivity index (χ1) is 20.0. The molecule has 0 saturated carbocycles. The SMILES string of the molecule is CCCCc1nc2c(c(=O)[nH]c(=O)n2C(C)c2ccccc2)n1Cc1ccc(-c2ccccc2-c2nn[nH]n2)cc1. The van der Waals surface area contributed by atoms with Crippen LogP contribution in [0.25, 0.3) is 33.7 Å². The van der Waals surface area contributed by atoms with Crippen LogP contribution in [-0.2, 0) is 13.0 Å². The van der Waals surface area contributed by atoms with Gasteiger partial charge < -0.3 is 4.57 Å². The molecule has 0 radical (unpaired) electrons. The molecule has 6 rings (SSSR count). The zero-order valence-electron chi connectivity index (χ0n) is 22.9. The molecule has 206 valence electrons. The van der Waals surface area contributed by atoms with E-state index in [0.717, 1.165) is 46.5 Å². The lowest BCUT2D eigenvalue weighted by Gasteiger charge is -2.16. The average molecular weight is 547 g/mol. The van der Waals surface area contributed by atoms with Crippen molar-refractivity contribution in [2.24, 2.45) is 0 Å². The molecule has 3 aromatic carbocycles.